The number of nitro groups is 1. The Kier molecular flexibility index (Phi) is 3.92. The normalized spacial score (nSPS) is 9.95. The van der Waals surface area contributed by atoms with Crippen molar-refractivity contribution in [2.75, 3.05) is 7.11 Å². The van der Waals surface area contributed by atoms with Crippen LogP contribution in [0.15, 0.2) is 42.7 Å². The number of hydrogen-bond acceptors (Lipinski definition) is 5. The summed E-state index contributed by atoms with van der Waals surface area (Å²) in [5, 5.41) is 10.7. The first-order chi connectivity index (χ1) is 9.20. The molecular weight excluding hydrogens is 248 g/mol. The van der Waals surface area contributed by atoms with Crippen LogP contribution in [-0.4, -0.2) is 17.0 Å². The Balaban J connectivity index is 2.18. The van der Waals surface area contributed by atoms with Crippen molar-refractivity contribution >= 4 is 5.69 Å². The van der Waals surface area contributed by atoms with Gasteiger partial charge in [0.05, 0.1) is 18.2 Å². The van der Waals surface area contributed by atoms with E-state index in [-0.39, 0.29) is 12.3 Å². The Bertz CT molecular complexity index is 572. The number of rotatable bonds is 5. The molecule has 2 aromatic rings. The van der Waals surface area contributed by atoms with Gasteiger partial charge < -0.3 is 9.47 Å². The second-order valence-electron chi connectivity index (χ2n) is 3.73. The highest BCUT2D eigenvalue weighted by atomic mass is 16.6. The van der Waals surface area contributed by atoms with Gasteiger partial charge in [0, 0.05) is 23.9 Å². The quantitative estimate of drug-likeness (QED) is 0.610. The van der Waals surface area contributed by atoms with Crippen molar-refractivity contribution in [3.63, 3.8) is 0 Å². The van der Waals surface area contributed by atoms with Gasteiger partial charge in [-0.25, -0.2) is 0 Å². The molecule has 0 aliphatic rings. The third kappa shape index (κ3) is 3.19. The fraction of sp³-hybridized carbons (Fsp3) is 0.154. The molecule has 0 atom stereocenters. The zero-order valence-electron chi connectivity index (χ0n) is 10.3. The first-order valence-corrected chi connectivity index (χ1v) is 5.55. The van der Waals surface area contributed by atoms with E-state index in [2.05, 4.69) is 4.98 Å². The van der Waals surface area contributed by atoms with Crippen molar-refractivity contribution in [3.8, 4) is 11.5 Å². The maximum Gasteiger partial charge on any atom is 0.270 e. The van der Waals surface area contributed by atoms with Gasteiger partial charge in [0.2, 0.25) is 0 Å². The summed E-state index contributed by atoms with van der Waals surface area (Å²) < 4.78 is 10.7. The van der Waals surface area contributed by atoms with E-state index in [0.29, 0.717) is 17.1 Å². The average Bonchev–Trinajstić information content (AvgIpc) is 2.45. The first kappa shape index (κ1) is 12.8. The van der Waals surface area contributed by atoms with E-state index in [9.17, 15) is 10.1 Å². The maximum absolute atomic E-state index is 10.7. The smallest absolute Gasteiger partial charge is 0.270 e. The van der Waals surface area contributed by atoms with E-state index in [1.54, 1.807) is 30.6 Å². The van der Waals surface area contributed by atoms with E-state index in [1.807, 2.05) is 0 Å². The summed E-state index contributed by atoms with van der Waals surface area (Å²) >= 11 is 0. The first-order valence-electron chi connectivity index (χ1n) is 5.55. The monoisotopic (exact) mass is 260 g/mol. The molecule has 6 heteroatoms. The summed E-state index contributed by atoms with van der Waals surface area (Å²) in [6.45, 7) is 0.177. The minimum atomic E-state index is -0.451. The fourth-order valence-electron chi connectivity index (χ4n) is 1.58. The third-order valence-electron chi connectivity index (χ3n) is 2.50. The summed E-state index contributed by atoms with van der Waals surface area (Å²) in [4.78, 5) is 14.2. The Hall–Kier alpha value is -2.63. The van der Waals surface area contributed by atoms with Crippen LogP contribution in [0.25, 0.3) is 0 Å². The van der Waals surface area contributed by atoms with E-state index in [4.69, 9.17) is 9.47 Å². The number of pyridine rings is 1. The van der Waals surface area contributed by atoms with Crippen LogP contribution in [0.5, 0.6) is 11.5 Å². The summed E-state index contributed by atoms with van der Waals surface area (Å²) in [5.74, 6) is 1.14. The predicted molar refractivity (Wildman–Crippen MR) is 68.2 cm³/mol. The highest BCUT2D eigenvalue weighted by Gasteiger charge is 2.11. The van der Waals surface area contributed by atoms with Crippen LogP contribution in [0.2, 0.25) is 0 Å². The molecule has 2 rings (SSSR count). The van der Waals surface area contributed by atoms with Crippen molar-refractivity contribution in [2.24, 2.45) is 0 Å². The molecule has 0 spiro atoms. The molecule has 0 amide bonds. The van der Waals surface area contributed by atoms with Crippen molar-refractivity contribution in [1.82, 2.24) is 4.98 Å². The Morgan fingerprint density at radius 2 is 2.21 bits per heavy atom. The van der Waals surface area contributed by atoms with Crippen molar-refractivity contribution in [3.05, 3.63) is 58.4 Å². The second-order valence-corrected chi connectivity index (χ2v) is 3.73. The summed E-state index contributed by atoms with van der Waals surface area (Å²) in [5.41, 5.74) is 0.617. The van der Waals surface area contributed by atoms with Crippen LogP contribution in [0.3, 0.4) is 0 Å². The van der Waals surface area contributed by atoms with E-state index in [0.717, 1.165) is 0 Å². The number of nitrogens with zero attached hydrogens (tertiary/aromatic N) is 2. The van der Waals surface area contributed by atoms with Crippen LogP contribution in [0.4, 0.5) is 5.69 Å². The number of aromatic nitrogens is 1. The lowest BCUT2D eigenvalue weighted by Crippen LogP contribution is -2.00. The van der Waals surface area contributed by atoms with E-state index >= 15 is 0 Å². The molecule has 0 fully saturated rings. The predicted octanol–water partition coefficient (Wildman–Crippen LogP) is 2.58. The zero-order valence-corrected chi connectivity index (χ0v) is 10.3. The number of hydrogen-bond donors (Lipinski definition) is 0. The summed E-state index contributed by atoms with van der Waals surface area (Å²) in [6.07, 6.45) is 3.21. The average molecular weight is 260 g/mol. The molecule has 1 aromatic carbocycles. The lowest BCUT2D eigenvalue weighted by atomic mass is 10.2. The molecule has 0 aliphatic carbocycles. The fourth-order valence-corrected chi connectivity index (χ4v) is 1.58. The van der Waals surface area contributed by atoms with Gasteiger partial charge in [-0.05, 0) is 18.2 Å². The van der Waals surface area contributed by atoms with Gasteiger partial charge in [-0.15, -0.1) is 0 Å². The van der Waals surface area contributed by atoms with Gasteiger partial charge in [0.25, 0.3) is 5.69 Å². The SMILES string of the molecule is COc1ccc([N+](=O)[O-])cc1COc1cccnc1. The van der Waals surface area contributed by atoms with Gasteiger partial charge in [-0.2, -0.15) is 0 Å². The molecule has 1 aromatic heterocycles. The largest absolute Gasteiger partial charge is 0.496 e. The lowest BCUT2D eigenvalue weighted by molar-refractivity contribution is -0.385. The Morgan fingerprint density at radius 3 is 2.84 bits per heavy atom. The molecule has 6 nitrogen and oxygen atoms in total. The molecule has 0 unspecified atom stereocenters. The van der Waals surface area contributed by atoms with Crippen molar-refractivity contribution in [2.45, 2.75) is 6.61 Å². The van der Waals surface area contributed by atoms with Crippen molar-refractivity contribution in [1.29, 1.82) is 0 Å². The van der Waals surface area contributed by atoms with Crippen LogP contribution in [-0.2, 0) is 6.61 Å². The highest BCUT2D eigenvalue weighted by molar-refractivity contribution is 5.43. The molecule has 1 heterocycles. The minimum absolute atomic E-state index is 0.00517. The Morgan fingerprint density at radius 1 is 1.37 bits per heavy atom. The van der Waals surface area contributed by atoms with Crippen LogP contribution < -0.4 is 9.47 Å². The molecule has 0 aliphatic heterocycles. The van der Waals surface area contributed by atoms with Crippen LogP contribution >= 0.6 is 0 Å². The summed E-state index contributed by atoms with van der Waals surface area (Å²) in [7, 11) is 1.51. The molecule has 19 heavy (non-hydrogen) atoms. The molecule has 0 saturated carbocycles. The lowest BCUT2D eigenvalue weighted by Gasteiger charge is -2.09. The van der Waals surface area contributed by atoms with Gasteiger partial charge in [0.1, 0.15) is 18.1 Å². The van der Waals surface area contributed by atoms with Gasteiger partial charge in [-0.1, -0.05) is 0 Å². The second kappa shape index (κ2) is 5.81. The van der Waals surface area contributed by atoms with Crippen LogP contribution in [0, 0.1) is 10.1 Å². The number of non-ortho nitro benzene ring substituents is 1. The van der Waals surface area contributed by atoms with Gasteiger partial charge in [-0.3, -0.25) is 15.1 Å². The summed E-state index contributed by atoms with van der Waals surface area (Å²) in [6, 6.07) is 7.90. The van der Waals surface area contributed by atoms with E-state index in [1.165, 1.54) is 19.2 Å². The molecule has 0 saturated heterocycles. The van der Waals surface area contributed by atoms with Crippen molar-refractivity contribution < 1.29 is 14.4 Å². The Labute approximate surface area is 109 Å². The number of methoxy groups -OCH3 is 1. The zero-order chi connectivity index (χ0) is 13.7. The molecule has 0 radical (unpaired) electrons. The highest BCUT2D eigenvalue weighted by Crippen LogP contribution is 2.25. The molecule has 0 bridgehead atoms. The third-order valence-corrected chi connectivity index (χ3v) is 2.50. The number of nitro benzene ring substituents is 1. The molecular formula is C13H12N2O4. The van der Waals surface area contributed by atoms with Gasteiger partial charge in [0.15, 0.2) is 0 Å². The number of benzene rings is 1. The minimum Gasteiger partial charge on any atom is -0.496 e. The van der Waals surface area contributed by atoms with Gasteiger partial charge >= 0.3 is 0 Å². The maximum atomic E-state index is 10.7. The van der Waals surface area contributed by atoms with Crippen LogP contribution in [0.1, 0.15) is 5.56 Å². The molecule has 0 N–H and O–H groups in total. The van der Waals surface area contributed by atoms with E-state index < -0.39 is 4.92 Å². The standard InChI is InChI=1S/C13H12N2O4/c1-18-13-5-4-11(15(16)17)7-10(13)9-19-12-3-2-6-14-8-12/h2-8H,9H2,1H3. The topological polar surface area (TPSA) is 74.5 Å². The number of ether oxygens (including phenoxy) is 2. The molecule has 98 valence electrons.